The van der Waals surface area contributed by atoms with Gasteiger partial charge in [-0.15, -0.1) is 0 Å². The van der Waals surface area contributed by atoms with Gasteiger partial charge in [0.1, 0.15) is 0 Å². The second-order valence-corrected chi connectivity index (χ2v) is 6.56. The van der Waals surface area contributed by atoms with Gasteiger partial charge in [-0.3, -0.25) is 14.6 Å². The van der Waals surface area contributed by atoms with Crippen molar-refractivity contribution in [3.63, 3.8) is 0 Å². The molecule has 5 nitrogen and oxygen atoms in total. The van der Waals surface area contributed by atoms with Crippen LogP contribution in [0.4, 0.5) is 0 Å². The second-order valence-electron chi connectivity index (χ2n) is 6.56. The Balaban J connectivity index is 1.56. The summed E-state index contributed by atoms with van der Waals surface area (Å²) in [6, 6.07) is 8.37. The molecule has 0 bridgehead atoms. The standard InChI is InChI=1S/C18H27N3O2/c1-15(20-10-8-19(9-11-20)12-13-22)18(23)21-7-6-16-4-2-3-5-17(16)14-21/h2-5,15,22H,6-14H2,1H3/t15-/m0/s1. The quantitative estimate of drug-likeness (QED) is 0.882. The van der Waals surface area contributed by atoms with Crippen molar-refractivity contribution in [3.05, 3.63) is 35.4 Å². The largest absolute Gasteiger partial charge is 0.395 e. The van der Waals surface area contributed by atoms with Gasteiger partial charge in [-0.25, -0.2) is 0 Å². The Morgan fingerprint density at radius 3 is 2.52 bits per heavy atom. The highest BCUT2D eigenvalue weighted by Crippen LogP contribution is 2.20. The molecular formula is C18H27N3O2. The maximum absolute atomic E-state index is 12.8. The molecule has 5 heteroatoms. The Hall–Kier alpha value is -1.43. The van der Waals surface area contributed by atoms with Crippen molar-refractivity contribution in [2.45, 2.75) is 25.9 Å². The lowest BCUT2D eigenvalue weighted by Crippen LogP contribution is -2.55. The molecule has 1 amide bonds. The molecule has 1 atom stereocenters. The van der Waals surface area contributed by atoms with E-state index >= 15 is 0 Å². The third-order valence-corrected chi connectivity index (χ3v) is 5.17. The van der Waals surface area contributed by atoms with Gasteiger partial charge in [0.25, 0.3) is 0 Å². The van der Waals surface area contributed by atoms with E-state index in [0.717, 1.165) is 52.2 Å². The van der Waals surface area contributed by atoms with Gasteiger partial charge in [0.2, 0.25) is 5.91 Å². The van der Waals surface area contributed by atoms with E-state index in [2.05, 4.69) is 34.1 Å². The highest BCUT2D eigenvalue weighted by atomic mass is 16.3. The Morgan fingerprint density at radius 1 is 1.13 bits per heavy atom. The highest BCUT2D eigenvalue weighted by Gasteiger charge is 2.30. The smallest absolute Gasteiger partial charge is 0.239 e. The first-order valence-corrected chi connectivity index (χ1v) is 8.62. The number of piperazine rings is 1. The van der Waals surface area contributed by atoms with Gasteiger partial charge < -0.3 is 10.0 Å². The number of carbonyl (C=O) groups is 1. The zero-order chi connectivity index (χ0) is 16.2. The number of β-amino-alcohol motifs (C(OH)–C–C–N with tert-alkyl or cyclic N) is 1. The molecule has 3 rings (SSSR count). The molecular weight excluding hydrogens is 290 g/mol. The van der Waals surface area contributed by atoms with Crippen molar-refractivity contribution in [2.75, 3.05) is 45.9 Å². The second kappa shape index (κ2) is 7.43. The fraction of sp³-hybridized carbons (Fsp3) is 0.611. The molecule has 0 spiro atoms. The number of aliphatic hydroxyl groups is 1. The van der Waals surface area contributed by atoms with Crippen molar-refractivity contribution in [2.24, 2.45) is 0 Å². The van der Waals surface area contributed by atoms with E-state index in [-0.39, 0.29) is 18.6 Å². The maximum Gasteiger partial charge on any atom is 0.239 e. The predicted molar refractivity (Wildman–Crippen MR) is 90.1 cm³/mol. The molecule has 23 heavy (non-hydrogen) atoms. The van der Waals surface area contributed by atoms with Crippen LogP contribution in [0.15, 0.2) is 24.3 Å². The first-order valence-electron chi connectivity index (χ1n) is 8.62. The first kappa shape index (κ1) is 16.4. The lowest BCUT2D eigenvalue weighted by molar-refractivity contribution is -0.138. The van der Waals surface area contributed by atoms with Crippen LogP contribution in [0.25, 0.3) is 0 Å². The number of amides is 1. The van der Waals surface area contributed by atoms with Crippen LogP contribution >= 0.6 is 0 Å². The van der Waals surface area contributed by atoms with Crippen LogP contribution in [0.1, 0.15) is 18.1 Å². The van der Waals surface area contributed by atoms with E-state index in [4.69, 9.17) is 5.11 Å². The Morgan fingerprint density at radius 2 is 1.83 bits per heavy atom. The van der Waals surface area contributed by atoms with Crippen LogP contribution in [0.5, 0.6) is 0 Å². The van der Waals surface area contributed by atoms with Crippen LogP contribution < -0.4 is 0 Å². The zero-order valence-electron chi connectivity index (χ0n) is 13.9. The van der Waals surface area contributed by atoms with E-state index in [1.54, 1.807) is 0 Å². The fourth-order valence-electron chi connectivity index (χ4n) is 3.62. The van der Waals surface area contributed by atoms with Crippen molar-refractivity contribution in [3.8, 4) is 0 Å². The summed E-state index contributed by atoms with van der Waals surface area (Å²) in [5, 5.41) is 9.02. The molecule has 2 heterocycles. The molecule has 1 saturated heterocycles. The van der Waals surface area contributed by atoms with Crippen molar-refractivity contribution >= 4 is 5.91 Å². The lowest BCUT2D eigenvalue weighted by atomic mass is 9.99. The Bertz CT molecular complexity index is 541. The summed E-state index contributed by atoms with van der Waals surface area (Å²) >= 11 is 0. The molecule has 1 fully saturated rings. The monoisotopic (exact) mass is 317 g/mol. The number of benzene rings is 1. The molecule has 0 radical (unpaired) electrons. The van der Waals surface area contributed by atoms with Crippen molar-refractivity contribution < 1.29 is 9.90 Å². The van der Waals surface area contributed by atoms with Gasteiger partial charge in [0, 0.05) is 45.8 Å². The van der Waals surface area contributed by atoms with E-state index in [9.17, 15) is 4.79 Å². The molecule has 0 aliphatic carbocycles. The molecule has 2 aliphatic heterocycles. The molecule has 0 unspecified atom stereocenters. The summed E-state index contributed by atoms with van der Waals surface area (Å²) in [4.78, 5) is 19.4. The normalized spacial score (nSPS) is 21.0. The van der Waals surface area contributed by atoms with Crippen LogP contribution in [-0.4, -0.2) is 77.6 Å². The van der Waals surface area contributed by atoms with Gasteiger partial charge in [-0.1, -0.05) is 24.3 Å². The molecule has 0 saturated carbocycles. The van der Waals surface area contributed by atoms with Crippen molar-refractivity contribution in [1.82, 2.24) is 14.7 Å². The molecule has 2 aliphatic rings. The summed E-state index contributed by atoms with van der Waals surface area (Å²) in [5.74, 6) is 0.245. The van der Waals surface area contributed by atoms with Crippen LogP contribution in [0, 0.1) is 0 Å². The topological polar surface area (TPSA) is 47.0 Å². The minimum atomic E-state index is -0.0588. The van der Waals surface area contributed by atoms with E-state index in [1.807, 2.05) is 11.8 Å². The van der Waals surface area contributed by atoms with Gasteiger partial charge in [0.15, 0.2) is 0 Å². The van der Waals surface area contributed by atoms with Gasteiger partial charge in [-0.2, -0.15) is 0 Å². The molecule has 0 aromatic heterocycles. The minimum Gasteiger partial charge on any atom is -0.395 e. The van der Waals surface area contributed by atoms with Crippen molar-refractivity contribution in [1.29, 1.82) is 0 Å². The van der Waals surface area contributed by atoms with Gasteiger partial charge in [-0.05, 0) is 24.5 Å². The molecule has 126 valence electrons. The average Bonchev–Trinajstić information content (AvgIpc) is 2.61. The summed E-state index contributed by atoms with van der Waals surface area (Å²) in [7, 11) is 0. The van der Waals surface area contributed by atoms with Crippen LogP contribution in [0.2, 0.25) is 0 Å². The number of carbonyl (C=O) groups excluding carboxylic acids is 1. The molecule has 1 aromatic rings. The number of hydrogen-bond acceptors (Lipinski definition) is 4. The van der Waals surface area contributed by atoms with Gasteiger partial charge >= 0.3 is 0 Å². The summed E-state index contributed by atoms with van der Waals surface area (Å²) < 4.78 is 0. The number of hydrogen-bond donors (Lipinski definition) is 1. The third kappa shape index (κ3) is 3.74. The number of fused-ring (bicyclic) bond motifs is 1. The summed E-state index contributed by atoms with van der Waals surface area (Å²) in [6.07, 6.45) is 0.957. The Kier molecular flexibility index (Phi) is 5.30. The van der Waals surface area contributed by atoms with E-state index in [0.29, 0.717) is 0 Å². The summed E-state index contributed by atoms with van der Waals surface area (Å²) in [5.41, 5.74) is 2.66. The van der Waals surface area contributed by atoms with E-state index < -0.39 is 0 Å². The van der Waals surface area contributed by atoms with Crippen LogP contribution in [-0.2, 0) is 17.8 Å². The highest BCUT2D eigenvalue weighted by molar-refractivity contribution is 5.81. The third-order valence-electron chi connectivity index (χ3n) is 5.17. The van der Waals surface area contributed by atoms with Crippen LogP contribution in [0.3, 0.4) is 0 Å². The average molecular weight is 317 g/mol. The number of rotatable bonds is 4. The first-order chi connectivity index (χ1) is 11.2. The summed E-state index contributed by atoms with van der Waals surface area (Å²) in [6.45, 7) is 8.20. The zero-order valence-corrected chi connectivity index (χ0v) is 13.9. The maximum atomic E-state index is 12.8. The predicted octanol–water partition coefficient (Wildman–Crippen LogP) is 0.570. The number of nitrogens with zero attached hydrogens (tertiary/aromatic N) is 3. The van der Waals surface area contributed by atoms with E-state index in [1.165, 1.54) is 11.1 Å². The number of aliphatic hydroxyl groups excluding tert-OH is 1. The molecule has 1 aromatic carbocycles. The minimum absolute atomic E-state index is 0.0588. The Labute approximate surface area is 138 Å². The SMILES string of the molecule is C[C@@H](C(=O)N1CCc2ccccc2C1)N1CCN(CCO)CC1. The van der Waals surface area contributed by atoms with Gasteiger partial charge in [0.05, 0.1) is 12.6 Å². The lowest BCUT2D eigenvalue weighted by Gasteiger charge is -2.39. The molecule has 1 N–H and O–H groups in total. The fourth-order valence-corrected chi connectivity index (χ4v) is 3.62.